The van der Waals surface area contributed by atoms with E-state index in [2.05, 4.69) is 15.2 Å². The maximum absolute atomic E-state index is 11.7. The van der Waals surface area contributed by atoms with Gasteiger partial charge in [0.25, 0.3) is 0 Å². The van der Waals surface area contributed by atoms with Gasteiger partial charge in [-0.25, -0.2) is 9.78 Å². The Hall–Kier alpha value is -1.82. The number of aliphatic hydroxyl groups is 1. The fourth-order valence-electron chi connectivity index (χ4n) is 3.54. The van der Waals surface area contributed by atoms with Gasteiger partial charge in [0.15, 0.2) is 0 Å². The van der Waals surface area contributed by atoms with Crippen LogP contribution in [0.3, 0.4) is 0 Å². The minimum atomic E-state index is -0.584. The summed E-state index contributed by atoms with van der Waals surface area (Å²) in [6.07, 6.45) is 2.71. The number of carbonyl (C=O) groups excluding carboxylic acids is 1. The lowest BCUT2D eigenvalue weighted by Crippen LogP contribution is -2.35. The molecule has 3 rings (SSSR count). The van der Waals surface area contributed by atoms with Gasteiger partial charge in [0.05, 0.1) is 6.10 Å². The number of fused-ring (bicyclic) bond motifs is 1. The van der Waals surface area contributed by atoms with E-state index in [4.69, 9.17) is 4.74 Å². The molecule has 1 aromatic heterocycles. The SMILES string of the molecule is C[C@H](CNC(=O)OC(C)(C)C)CC(O)c1ccc(N2CC3CC3C2)nc1. The van der Waals surface area contributed by atoms with Crippen LogP contribution < -0.4 is 10.2 Å². The summed E-state index contributed by atoms with van der Waals surface area (Å²) in [5.74, 6) is 2.89. The quantitative estimate of drug-likeness (QED) is 0.814. The predicted molar refractivity (Wildman–Crippen MR) is 101 cm³/mol. The maximum Gasteiger partial charge on any atom is 0.407 e. The van der Waals surface area contributed by atoms with Gasteiger partial charge in [-0.2, -0.15) is 0 Å². The molecule has 6 heteroatoms. The van der Waals surface area contributed by atoms with Gasteiger partial charge >= 0.3 is 6.09 Å². The Labute approximate surface area is 155 Å². The molecule has 26 heavy (non-hydrogen) atoms. The van der Waals surface area contributed by atoms with Crippen LogP contribution in [0.4, 0.5) is 10.6 Å². The van der Waals surface area contributed by atoms with Crippen LogP contribution in [0.5, 0.6) is 0 Å². The minimum absolute atomic E-state index is 0.128. The van der Waals surface area contributed by atoms with Gasteiger partial charge < -0.3 is 20.1 Å². The van der Waals surface area contributed by atoms with Crippen LogP contribution in [-0.4, -0.2) is 41.4 Å². The Kier molecular flexibility index (Phi) is 5.42. The monoisotopic (exact) mass is 361 g/mol. The first-order valence-electron chi connectivity index (χ1n) is 9.57. The summed E-state index contributed by atoms with van der Waals surface area (Å²) in [7, 11) is 0. The first kappa shape index (κ1) is 19.0. The van der Waals surface area contributed by atoms with Crippen LogP contribution in [0.15, 0.2) is 18.3 Å². The molecule has 4 atom stereocenters. The predicted octanol–water partition coefficient (Wildman–Crippen LogP) is 3.12. The molecular formula is C20H31N3O3. The Morgan fingerprint density at radius 1 is 1.38 bits per heavy atom. The number of nitrogens with one attached hydrogen (secondary N) is 1. The largest absolute Gasteiger partial charge is 0.444 e. The van der Waals surface area contributed by atoms with Crippen LogP contribution in [-0.2, 0) is 4.74 Å². The summed E-state index contributed by atoms with van der Waals surface area (Å²) in [5.41, 5.74) is 0.318. The van der Waals surface area contributed by atoms with Crippen molar-refractivity contribution in [2.45, 2.75) is 52.2 Å². The number of aromatic nitrogens is 1. The van der Waals surface area contributed by atoms with Crippen molar-refractivity contribution in [2.75, 3.05) is 24.5 Å². The van der Waals surface area contributed by atoms with Crippen molar-refractivity contribution in [3.8, 4) is 0 Å². The van der Waals surface area contributed by atoms with Crippen LogP contribution in [0.2, 0.25) is 0 Å². The molecule has 6 nitrogen and oxygen atoms in total. The smallest absolute Gasteiger partial charge is 0.407 e. The van der Waals surface area contributed by atoms with Gasteiger partial charge in [0, 0.05) is 25.8 Å². The van der Waals surface area contributed by atoms with E-state index in [9.17, 15) is 9.90 Å². The molecule has 2 N–H and O–H groups in total. The summed E-state index contributed by atoms with van der Waals surface area (Å²) >= 11 is 0. The van der Waals surface area contributed by atoms with E-state index < -0.39 is 17.8 Å². The highest BCUT2D eigenvalue weighted by molar-refractivity contribution is 5.67. The highest BCUT2D eigenvalue weighted by Crippen LogP contribution is 2.45. The third-order valence-corrected chi connectivity index (χ3v) is 5.08. The zero-order valence-corrected chi connectivity index (χ0v) is 16.2. The van der Waals surface area contributed by atoms with Gasteiger partial charge in [0.1, 0.15) is 11.4 Å². The number of alkyl carbamates (subject to hydrolysis) is 1. The third kappa shape index (κ3) is 5.10. The van der Waals surface area contributed by atoms with Crippen molar-refractivity contribution < 1.29 is 14.6 Å². The average molecular weight is 361 g/mol. The van der Waals surface area contributed by atoms with Crippen LogP contribution in [0, 0.1) is 17.8 Å². The molecule has 1 amide bonds. The van der Waals surface area contributed by atoms with E-state index in [0.717, 1.165) is 36.3 Å². The molecule has 1 aliphatic carbocycles. The Balaban J connectivity index is 1.43. The number of aliphatic hydroxyl groups excluding tert-OH is 1. The van der Waals surface area contributed by atoms with Crippen molar-refractivity contribution in [3.63, 3.8) is 0 Å². The summed E-state index contributed by atoms with van der Waals surface area (Å²) in [6, 6.07) is 3.97. The summed E-state index contributed by atoms with van der Waals surface area (Å²) in [4.78, 5) is 18.6. The van der Waals surface area contributed by atoms with Crippen molar-refractivity contribution in [1.29, 1.82) is 0 Å². The lowest BCUT2D eigenvalue weighted by molar-refractivity contribution is 0.0512. The lowest BCUT2D eigenvalue weighted by atomic mass is 9.99. The molecule has 144 valence electrons. The topological polar surface area (TPSA) is 74.7 Å². The molecule has 1 saturated carbocycles. The van der Waals surface area contributed by atoms with Gasteiger partial charge in [-0.15, -0.1) is 0 Å². The van der Waals surface area contributed by atoms with Gasteiger partial charge in [-0.3, -0.25) is 0 Å². The third-order valence-electron chi connectivity index (χ3n) is 5.08. The molecule has 2 fully saturated rings. The van der Waals surface area contributed by atoms with Gasteiger partial charge in [0.2, 0.25) is 0 Å². The molecule has 2 heterocycles. The highest BCUT2D eigenvalue weighted by Gasteiger charge is 2.45. The average Bonchev–Trinajstić information content (AvgIpc) is 3.17. The molecule has 2 aliphatic rings. The zero-order valence-electron chi connectivity index (χ0n) is 16.2. The number of anilines is 1. The molecule has 3 unspecified atom stereocenters. The standard InChI is InChI=1S/C20H31N3O3/c1-13(9-22-19(25)26-20(2,3)4)7-17(24)14-5-6-18(21-10-14)23-11-15-8-16(15)12-23/h5-6,10,13,15-17,24H,7-9,11-12H2,1-4H3,(H,22,25)/t13-,15?,16?,17?/m0/s1. The second kappa shape index (κ2) is 7.43. The van der Waals surface area contributed by atoms with Gasteiger partial charge in [-0.1, -0.05) is 13.0 Å². The second-order valence-corrected chi connectivity index (χ2v) is 8.85. The highest BCUT2D eigenvalue weighted by atomic mass is 16.6. The normalized spacial score (nSPS) is 24.0. The molecule has 0 spiro atoms. The van der Waals surface area contributed by atoms with Crippen molar-refractivity contribution in [2.24, 2.45) is 17.8 Å². The fraction of sp³-hybridized carbons (Fsp3) is 0.700. The maximum atomic E-state index is 11.7. The molecule has 0 aromatic carbocycles. The molecule has 0 bridgehead atoms. The Morgan fingerprint density at radius 3 is 2.65 bits per heavy atom. The van der Waals surface area contributed by atoms with E-state index in [1.54, 1.807) is 6.20 Å². The fourth-order valence-corrected chi connectivity index (χ4v) is 3.54. The lowest BCUT2D eigenvalue weighted by Gasteiger charge is -2.22. The van der Waals surface area contributed by atoms with Crippen LogP contribution in [0.1, 0.15) is 52.2 Å². The first-order chi connectivity index (χ1) is 12.2. The number of amides is 1. The first-order valence-corrected chi connectivity index (χ1v) is 9.57. The summed E-state index contributed by atoms with van der Waals surface area (Å²) in [5, 5.41) is 13.2. The molecule has 1 saturated heterocycles. The second-order valence-electron chi connectivity index (χ2n) is 8.85. The number of pyridine rings is 1. The Bertz CT molecular complexity index is 616. The minimum Gasteiger partial charge on any atom is -0.444 e. The molecule has 1 aromatic rings. The van der Waals surface area contributed by atoms with E-state index >= 15 is 0 Å². The molecule has 0 radical (unpaired) electrons. The van der Waals surface area contributed by atoms with Crippen LogP contribution >= 0.6 is 0 Å². The summed E-state index contributed by atoms with van der Waals surface area (Å²) < 4.78 is 5.22. The molecular weight excluding hydrogens is 330 g/mol. The van der Waals surface area contributed by atoms with Crippen LogP contribution in [0.25, 0.3) is 0 Å². The molecule has 1 aliphatic heterocycles. The Morgan fingerprint density at radius 2 is 2.08 bits per heavy atom. The van der Waals surface area contributed by atoms with Gasteiger partial charge in [-0.05, 0) is 63.0 Å². The van der Waals surface area contributed by atoms with Crippen molar-refractivity contribution >= 4 is 11.9 Å². The number of hydrogen-bond donors (Lipinski definition) is 2. The zero-order chi connectivity index (χ0) is 18.9. The number of carbonyl (C=O) groups is 1. The van der Waals surface area contributed by atoms with Crippen molar-refractivity contribution in [3.05, 3.63) is 23.9 Å². The van der Waals surface area contributed by atoms with E-state index in [1.165, 1.54) is 6.42 Å². The van der Waals surface area contributed by atoms with E-state index in [-0.39, 0.29) is 5.92 Å². The summed E-state index contributed by atoms with van der Waals surface area (Å²) in [6.45, 7) is 10.2. The van der Waals surface area contributed by atoms with Crippen molar-refractivity contribution in [1.82, 2.24) is 10.3 Å². The number of nitrogens with zero attached hydrogens (tertiary/aromatic N) is 2. The van der Waals surface area contributed by atoms with E-state index in [0.29, 0.717) is 13.0 Å². The number of rotatable bonds is 6. The van der Waals surface area contributed by atoms with E-state index in [1.807, 2.05) is 39.8 Å². The number of ether oxygens (including phenoxy) is 1. The number of piperidine rings is 1. The number of hydrogen-bond acceptors (Lipinski definition) is 5.